The van der Waals surface area contributed by atoms with E-state index < -0.39 is 0 Å². The van der Waals surface area contributed by atoms with Gasteiger partial charge in [0, 0.05) is 13.0 Å². The summed E-state index contributed by atoms with van der Waals surface area (Å²) in [6, 6.07) is 8.47. The summed E-state index contributed by atoms with van der Waals surface area (Å²) < 4.78 is 0. The smallest absolute Gasteiger partial charge is 0.223 e. The average Bonchev–Trinajstić information content (AvgIpc) is 2.44. The molecule has 0 aliphatic rings. The van der Waals surface area contributed by atoms with E-state index in [-0.39, 0.29) is 5.91 Å². The molecular formula is C9H8N3O. The van der Waals surface area contributed by atoms with Crippen LogP contribution in [0.4, 0.5) is 5.95 Å². The van der Waals surface area contributed by atoms with E-state index in [1.807, 2.05) is 12.1 Å². The number of rotatable bonds is 1. The van der Waals surface area contributed by atoms with E-state index in [4.69, 9.17) is 0 Å². The van der Waals surface area contributed by atoms with Crippen molar-refractivity contribution in [2.45, 2.75) is 6.92 Å². The van der Waals surface area contributed by atoms with Crippen molar-refractivity contribution in [3.05, 3.63) is 24.3 Å². The van der Waals surface area contributed by atoms with E-state index in [9.17, 15) is 4.79 Å². The summed E-state index contributed by atoms with van der Waals surface area (Å²) >= 11 is 0. The molecule has 2 aromatic rings. The van der Waals surface area contributed by atoms with Crippen molar-refractivity contribution in [2.75, 3.05) is 5.32 Å². The Morgan fingerprint density at radius 1 is 1.69 bits per heavy atom. The van der Waals surface area contributed by atoms with Gasteiger partial charge in [0.15, 0.2) is 0 Å². The number of carbonyl (C=O) groups excluding carboxylic acids is 1. The standard InChI is InChI=1S/C9H8N3O/c1-6(13)10-9-11-7-4-2-3-5-8(7)12-9/h2-4H,1H3,(H2,10,11,12,13). The molecule has 0 bridgehead atoms. The highest BCUT2D eigenvalue weighted by Crippen LogP contribution is 2.12. The fourth-order valence-corrected chi connectivity index (χ4v) is 1.11. The Morgan fingerprint density at radius 3 is 3.23 bits per heavy atom. The molecule has 0 unspecified atom stereocenters. The van der Waals surface area contributed by atoms with Crippen LogP contribution in [0.3, 0.4) is 0 Å². The first-order chi connectivity index (χ1) is 6.25. The predicted molar refractivity (Wildman–Crippen MR) is 49.2 cm³/mol. The quantitative estimate of drug-likeness (QED) is 0.685. The molecule has 4 nitrogen and oxygen atoms in total. The van der Waals surface area contributed by atoms with Gasteiger partial charge in [-0.05, 0) is 6.07 Å². The first kappa shape index (κ1) is 7.79. The van der Waals surface area contributed by atoms with Gasteiger partial charge in [0.25, 0.3) is 0 Å². The van der Waals surface area contributed by atoms with Gasteiger partial charge in [0.2, 0.25) is 11.9 Å². The van der Waals surface area contributed by atoms with Crippen molar-refractivity contribution in [1.82, 2.24) is 9.97 Å². The molecule has 13 heavy (non-hydrogen) atoms. The number of H-pyrrole nitrogens is 1. The Labute approximate surface area is 75.0 Å². The van der Waals surface area contributed by atoms with Crippen LogP contribution in [-0.2, 0) is 4.79 Å². The molecular weight excluding hydrogens is 166 g/mol. The van der Waals surface area contributed by atoms with Crippen LogP contribution in [0, 0.1) is 6.07 Å². The minimum absolute atomic E-state index is 0.140. The number of carbonyl (C=O) groups is 1. The number of para-hydroxylation sites is 1. The lowest BCUT2D eigenvalue weighted by molar-refractivity contribution is -0.114. The van der Waals surface area contributed by atoms with Gasteiger partial charge in [-0.3, -0.25) is 10.1 Å². The maximum atomic E-state index is 10.7. The maximum absolute atomic E-state index is 10.7. The molecule has 2 N–H and O–H groups in total. The summed E-state index contributed by atoms with van der Waals surface area (Å²) in [5, 5.41) is 2.57. The zero-order valence-electron chi connectivity index (χ0n) is 7.09. The summed E-state index contributed by atoms with van der Waals surface area (Å²) in [6.07, 6.45) is 0. The van der Waals surface area contributed by atoms with Crippen LogP contribution in [0.2, 0.25) is 0 Å². The van der Waals surface area contributed by atoms with E-state index in [2.05, 4.69) is 21.4 Å². The number of nitrogens with one attached hydrogen (secondary N) is 2. The Hall–Kier alpha value is -1.84. The van der Waals surface area contributed by atoms with Gasteiger partial charge in [0.05, 0.1) is 11.0 Å². The van der Waals surface area contributed by atoms with Gasteiger partial charge in [-0.15, -0.1) is 0 Å². The number of aromatic amines is 1. The van der Waals surface area contributed by atoms with E-state index in [1.54, 1.807) is 6.07 Å². The van der Waals surface area contributed by atoms with Gasteiger partial charge >= 0.3 is 0 Å². The fourth-order valence-electron chi connectivity index (χ4n) is 1.11. The number of anilines is 1. The Bertz CT molecular complexity index is 414. The number of aromatic nitrogens is 2. The highest BCUT2D eigenvalue weighted by Gasteiger charge is 2.01. The Kier molecular flexibility index (Phi) is 1.73. The lowest BCUT2D eigenvalue weighted by Crippen LogP contribution is -2.06. The van der Waals surface area contributed by atoms with Crippen LogP contribution >= 0.6 is 0 Å². The van der Waals surface area contributed by atoms with Crippen molar-refractivity contribution in [3.8, 4) is 0 Å². The molecule has 0 saturated heterocycles. The molecule has 0 spiro atoms. The minimum atomic E-state index is -0.140. The van der Waals surface area contributed by atoms with Gasteiger partial charge in [-0.1, -0.05) is 12.1 Å². The van der Waals surface area contributed by atoms with Crippen LogP contribution in [-0.4, -0.2) is 15.9 Å². The molecule has 1 aromatic carbocycles. The van der Waals surface area contributed by atoms with Gasteiger partial charge < -0.3 is 4.98 Å². The molecule has 0 atom stereocenters. The molecule has 0 fully saturated rings. The topological polar surface area (TPSA) is 57.8 Å². The average molecular weight is 174 g/mol. The lowest BCUT2D eigenvalue weighted by atomic mass is 10.3. The summed E-state index contributed by atoms with van der Waals surface area (Å²) in [6.45, 7) is 1.44. The number of amides is 1. The van der Waals surface area contributed by atoms with E-state index in [1.165, 1.54) is 6.92 Å². The van der Waals surface area contributed by atoms with E-state index in [0.717, 1.165) is 11.0 Å². The fraction of sp³-hybridized carbons (Fsp3) is 0.111. The highest BCUT2D eigenvalue weighted by molar-refractivity contribution is 5.89. The van der Waals surface area contributed by atoms with Crippen molar-refractivity contribution in [1.29, 1.82) is 0 Å². The van der Waals surface area contributed by atoms with Crippen molar-refractivity contribution < 1.29 is 4.79 Å². The third-order valence-corrected chi connectivity index (χ3v) is 1.61. The SMILES string of the molecule is CC(=O)Nc1nc2[c]cccc2[nH]1. The van der Waals surface area contributed by atoms with Crippen molar-refractivity contribution in [2.24, 2.45) is 0 Å². The zero-order valence-corrected chi connectivity index (χ0v) is 7.09. The van der Waals surface area contributed by atoms with E-state index in [0.29, 0.717) is 5.95 Å². The lowest BCUT2D eigenvalue weighted by Gasteiger charge is -1.92. The third-order valence-electron chi connectivity index (χ3n) is 1.61. The highest BCUT2D eigenvalue weighted by atomic mass is 16.1. The van der Waals surface area contributed by atoms with Gasteiger partial charge in [-0.25, -0.2) is 4.98 Å². The monoisotopic (exact) mass is 174 g/mol. The first-order valence-electron chi connectivity index (χ1n) is 3.90. The minimum Gasteiger partial charge on any atom is -0.324 e. The summed E-state index contributed by atoms with van der Waals surface area (Å²) in [5.74, 6) is 0.323. The van der Waals surface area contributed by atoms with Gasteiger partial charge in [0.1, 0.15) is 0 Å². The summed E-state index contributed by atoms with van der Waals surface area (Å²) in [7, 11) is 0. The van der Waals surface area contributed by atoms with Crippen LogP contribution in [0.15, 0.2) is 18.2 Å². The van der Waals surface area contributed by atoms with Crippen molar-refractivity contribution >= 4 is 22.9 Å². The number of hydrogen-bond acceptors (Lipinski definition) is 2. The molecule has 4 heteroatoms. The maximum Gasteiger partial charge on any atom is 0.223 e. The molecule has 1 aromatic heterocycles. The van der Waals surface area contributed by atoms with Crippen LogP contribution < -0.4 is 5.32 Å². The molecule has 1 radical (unpaired) electrons. The van der Waals surface area contributed by atoms with Crippen LogP contribution in [0.5, 0.6) is 0 Å². The normalized spacial score (nSPS) is 10.2. The first-order valence-corrected chi connectivity index (χ1v) is 3.90. The zero-order chi connectivity index (χ0) is 9.26. The van der Waals surface area contributed by atoms with Gasteiger partial charge in [-0.2, -0.15) is 0 Å². The molecule has 1 amide bonds. The molecule has 2 rings (SSSR count). The third kappa shape index (κ3) is 1.51. The predicted octanol–water partition coefficient (Wildman–Crippen LogP) is 1.32. The second-order valence-corrected chi connectivity index (χ2v) is 2.70. The number of imidazole rings is 1. The largest absolute Gasteiger partial charge is 0.324 e. The summed E-state index contributed by atoms with van der Waals surface area (Å²) in [5.41, 5.74) is 1.59. The second-order valence-electron chi connectivity index (χ2n) is 2.70. The van der Waals surface area contributed by atoms with E-state index >= 15 is 0 Å². The Morgan fingerprint density at radius 2 is 2.54 bits per heavy atom. The molecule has 0 aliphatic carbocycles. The van der Waals surface area contributed by atoms with Crippen LogP contribution in [0.25, 0.3) is 11.0 Å². The number of nitrogens with zero attached hydrogens (tertiary/aromatic N) is 1. The number of benzene rings is 1. The second kappa shape index (κ2) is 2.90. The summed E-state index contributed by atoms with van der Waals surface area (Å²) in [4.78, 5) is 17.8. The molecule has 0 aliphatic heterocycles. The van der Waals surface area contributed by atoms with Crippen LogP contribution in [0.1, 0.15) is 6.92 Å². The number of fused-ring (bicyclic) bond motifs is 1. The Balaban J connectivity index is 2.44. The molecule has 65 valence electrons. The number of hydrogen-bond donors (Lipinski definition) is 2. The van der Waals surface area contributed by atoms with Crippen molar-refractivity contribution in [3.63, 3.8) is 0 Å². The molecule has 1 heterocycles. The molecule has 0 saturated carbocycles.